The molecule has 0 saturated heterocycles. The first-order chi connectivity index (χ1) is 12.7. The molecule has 0 aliphatic heterocycles. The Hall–Kier alpha value is -3.17. The number of rotatable bonds is 9. The molecule has 10 heteroatoms. The third-order valence-corrected chi connectivity index (χ3v) is 3.93. The number of nitrogens with one attached hydrogen (secondary N) is 1. The van der Waals surface area contributed by atoms with Crippen LogP contribution in [0.15, 0.2) is 18.2 Å². The first-order valence-electron chi connectivity index (χ1n) is 8.11. The Kier molecular flexibility index (Phi) is 8.18. The van der Waals surface area contributed by atoms with Crippen LogP contribution in [0.4, 0.5) is 5.69 Å². The van der Waals surface area contributed by atoms with Crippen molar-refractivity contribution >= 4 is 23.5 Å². The van der Waals surface area contributed by atoms with Gasteiger partial charge in [-0.2, -0.15) is 0 Å². The molecular formula is C17H22N2O8. The number of carbonyl (C=O) groups excluding carboxylic acids is 3. The number of hydrogen-bond acceptors (Lipinski definition) is 8. The van der Waals surface area contributed by atoms with Gasteiger partial charge in [-0.1, -0.05) is 20.3 Å². The molecule has 1 aromatic carbocycles. The molecule has 0 heterocycles. The maximum absolute atomic E-state index is 12.2. The van der Waals surface area contributed by atoms with Crippen molar-refractivity contribution in [3.8, 4) is 5.75 Å². The van der Waals surface area contributed by atoms with Crippen LogP contribution in [0.5, 0.6) is 5.75 Å². The van der Waals surface area contributed by atoms with E-state index in [4.69, 9.17) is 9.47 Å². The number of methoxy groups -OCH3 is 2. The van der Waals surface area contributed by atoms with Gasteiger partial charge in [0.2, 0.25) is 0 Å². The summed E-state index contributed by atoms with van der Waals surface area (Å²) in [4.78, 5) is 46.1. The second-order valence-electron chi connectivity index (χ2n) is 5.67. The Balaban J connectivity index is 2.81. The van der Waals surface area contributed by atoms with E-state index in [1.54, 1.807) is 6.92 Å². The van der Waals surface area contributed by atoms with Crippen LogP contribution in [-0.2, 0) is 19.1 Å². The van der Waals surface area contributed by atoms with E-state index in [0.29, 0.717) is 6.42 Å². The fourth-order valence-corrected chi connectivity index (χ4v) is 2.19. The summed E-state index contributed by atoms with van der Waals surface area (Å²) >= 11 is 0. The molecule has 148 valence electrons. The number of non-ortho nitro benzene ring substituents is 1. The number of nitrogens with zero attached hydrogens (tertiary/aromatic N) is 1. The molecule has 1 N–H and O–H groups in total. The third-order valence-electron chi connectivity index (χ3n) is 3.93. The van der Waals surface area contributed by atoms with Crippen molar-refractivity contribution in [3.63, 3.8) is 0 Å². The van der Waals surface area contributed by atoms with Crippen LogP contribution >= 0.6 is 0 Å². The average Bonchev–Trinajstić information content (AvgIpc) is 2.68. The lowest BCUT2D eigenvalue weighted by molar-refractivity contribution is -0.384. The van der Waals surface area contributed by atoms with Gasteiger partial charge in [-0.3, -0.25) is 14.9 Å². The average molecular weight is 382 g/mol. The van der Waals surface area contributed by atoms with Crippen molar-refractivity contribution < 1.29 is 33.5 Å². The molecule has 1 aromatic rings. The van der Waals surface area contributed by atoms with E-state index in [1.807, 2.05) is 6.92 Å². The molecule has 0 unspecified atom stereocenters. The van der Waals surface area contributed by atoms with Crippen molar-refractivity contribution in [3.05, 3.63) is 33.9 Å². The van der Waals surface area contributed by atoms with Gasteiger partial charge in [0.1, 0.15) is 17.4 Å². The van der Waals surface area contributed by atoms with Crippen LogP contribution in [0.1, 0.15) is 30.6 Å². The molecule has 10 nitrogen and oxygen atoms in total. The van der Waals surface area contributed by atoms with Crippen molar-refractivity contribution in [2.24, 2.45) is 5.92 Å². The number of ether oxygens (including phenoxy) is 3. The fraction of sp³-hybridized carbons (Fsp3) is 0.471. The van der Waals surface area contributed by atoms with Crippen molar-refractivity contribution in [2.75, 3.05) is 20.8 Å². The lowest BCUT2D eigenvalue weighted by Crippen LogP contribution is -2.47. The standard InChI is InChI=1S/C17H22N2O8/c1-5-10(2)15(17(22)26-4)18-14(20)9-27-16(21)12-8-11(19(23)24)6-7-13(12)25-3/h6-8,10,15H,5,9H2,1-4H3,(H,18,20)/t10-,15-/m0/s1. The summed E-state index contributed by atoms with van der Waals surface area (Å²) in [6.07, 6.45) is 0.616. The molecule has 27 heavy (non-hydrogen) atoms. The van der Waals surface area contributed by atoms with E-state index in [-0.39, 0.29) is 22.9 Å². The SMILES string of the molecule is CC[C@H](C)[C@H](NC(=O)COC(=O)c1cc([N+](=O)[O-])ccc1OC)C(=O)OC. The number of amides is 1. The molecule has 2 atom stereocenters. The summed E-state index contributed by atoms with van der Waals surface area (Å²) < 4.78 is 14.5. The summed E-state index contributed by atoms with van der Waals surface area (Å²) in [5.74, 6) is -2.40. The van der Waals surface area contributed by atoms with Gasteiger partial charge in [-0.15, -0.1) is 0 Å². The molecular weight excluding hydrogens is 360 g/mol. The zero-order valence-corrected chi connectivity index (χ0v) is 15.5. The first kappa shape index (κ1) is 21.9. The zero-order valence-electron chi connectivity index (χ0n) is 15.5. The van der Waals surface area contributed by atoms with E-state index in [2.05, 4.69) is 10.1 Å². The van der Waals surface area contributed by atoms with Crippen LogP contribution in [0.2, 0.25) is 0 Å². The molecule has 0 fully saturated rings. The van der Waals surface area contributed by atoms with Crippen LogP contribution in [0.25, 0.3) is 0 Å². The summed E-state index contributed by atoms with van der Waals surface area (Å²) in [5.41, 5.74) is -0.513. The number of hydrogen-bond donors (Lipinski definition) is 1. The molecule has 0 bridgehead atoms. The monoisotopic (exact) mass is 382 g/mol. The van der Waals surface area contributed by atoms with E-state index in [1.165, 1.54) is 26.4 Å². The van der Waals surface area contributed by atoms with Crippen molar-refractivity contribution in [2.45, 2.75) is 26.3 Å². The van der Waals surface area contributed by atoms with Gasteiger partial charge in [0, 0.05) is 12.1 Å². The van der Waals surface area contributed by atoms with Crippen LogP contribution < -0.4 is 10.1 Å². The maximum atomic E-state index is 12.2. The van der Waals surface area contributed by atoms with Crippen LogP contribution in [0, 0.1) is 16.0 Å². The van der Waals surface area contributed by atoms with Crippen LogP contribution in [0.3, 0.4) is 0 Å². The molecule has 0 saturated carbocycles. The molecule has 1 rings (SSSR count). The number of nitro benzene ring substituents is 1. The van der Waals surface area contributed by atoms with Crippen LogP contribution in [-0.4, -0.2) is 49.6 Å². The van der Waals surface area contributed by atoms with E-state index >= 15 is 0 Å². The Bertz CT molecular complexity index is 719. The molecule has 0 aliphatic rings. The van der Waals surface area contributed by atoms with Gasteiger partial charge in [-0.05, 0) is 12.0 Å². The fourth-order valence-electron chi connectivity index (χ4n) is 2.19. The third kappa shape index (κ3) is 5.94. The van der Waals surface area contributed by atoms with Gasteiger partial charge in [0.05, 0.1) is 19.1 Å². The summed E-state index contributed by atoms with van der Waals surface area (Å²) in [7, 11) is 2.50. The van der Waals surface area contributed by atoms with Crippen molar-refractivity contribution in [1.29, 1.82) is 0 Å². The highest BCUT2D eigenvalue weighted by molar-refractivity contribution is 5.95. The second-order valence-corrected chi connectivity index (χ2v) is 5.67. The molecule has 0 aliphatic carbocycles. The van der Waals surface area contributed by atoms with Gasteiger partial charge in [0.25, 0.3) is 11.6 Å². The molecule has 1 amide bonds. The Labute approximate surface area is 155 Å². The largest absolute Gasteiger partial charge is 0.496 e. The molecule has 0 radical (unpaired) electrons. The Morgan fingerprint density at radius 1 is 1.26 bits per heavy atom. The van der Waals surface area contributed by atoms with Crippen molar-refractivity contribution in [1.82, 2.24) is 5.32 Å². The second kappa shape index (κ2) is 10.1. The highest BCUT2D eigenvalue weighted by Gasteiger charge is 2.27. The van der Waals surface area contributed by atoms with Gasteiger partial charge in [-0.25, -0.2) is 9.59 Å². The Morgan fingerprint density at radius 3 is 2.44 bits per heavy atom. The summed E-state index contributed by atoms with van der Waals surface area (Å²) in [5, 5.41) is 13.3. The molecule has 0 aromatic heterocycles. The summed E-state index contributed by atoms with van der Waals surface area (Å²) in [6, 6.07) is 2.55. The predicted octanol–water partition coefficient (Wildman–Crippen LogP) is 1.46. The molecule has 0 spiro atoms. The number of carbonyl (C=O) groups is 3. The summed E-state index contributed by atoms with van der Waals surface area (Å²) in [6.45, 7) is 2.94. The van der Waals surface area contributed by atoms with E-state index in [0.717, 1.165) is 6.07 Å². The minimum atomic E-state index is -0.969. The topological polar surface area (TPSA) is 134 Å². The normalized spacial score (nSPS) is 12.4. The van der Waals surface area contributed by atoms with E-state index in [9.17, 15) is 24.5 Å². The van der Waals surface area contributed by atoms with Gasteiger partial charge >= 0.3 is 11.9 Å². The maximum Gasteiger partial charge on any atom is 0.342 e. The zero-order chi connectivity index (χ0) is 20.6. The highest BCUT2D eigenvalue weighted by Crippen LogP contribution is 2.24. The first-order valence-corrected chi connectivity index (χ1v) is 8.11. The van der Waals surface area contributed by atoms with E-state index < -0.39 is 35.4 Å². The quantitative estimate of drug-likeness (QED) is 0.385. The number of nitro groups is 1. The van der Waals surface area contributed by atoms with Gasteiger partial charge < -0.3 is 19.5 Å². The predicted molar refractivity (Wildman–Crippen MR) is 93.3 cm³/mol. The minimum Gasteiger partial charge on any atom is -0.496 e. The minimum absolute atomic E-state index is 0.0676. The number of benzene rings is 1. The smallest absolute Gasteiger partial charge is 0.342 e. The number of esters is 2. The van der Waals surface area contributed by atoms with Gasteiger partial charge in [0.15, 0.2) is 6.61 Å². The lowest BCUT2D eigenvalue weighted by atomic mass is 9.99. The lowest BCUT2D eigenvalue weighted by Gasteiger charge is -2.21. The Morgan fingerprint density at radius 2 is 1.93 bits per heavy atom. The highest BCUT2D eigenvalue weighted by atomic mass is 16.6.